The third-order valence-corrected chi connectivity index (χ3v) is 6.07. The summed E-state index contributed by atoms with van der Waals surface area (Å²) in [6.07, 6.45) is 0. The summed E-state index contributed by atoms with van der Waals surface area (Å²) in [5.41, 5.74) is 1.72. The molecule has 7 nitrogen and oxygen atoms in total. The van der Waals surface area contributed by atoms with Crippen molar-refractivity contribution in [1.82, 2.24) is 0 Å². The molecule has 2 aromatic carbocycles. The van der Waals surface area contributed by atoms with Crippen LogP contribution in [-0.2, 0) is 15.0 Å². The molecule has 1 N–H and O–H groups in total. The van der Waals surface area contributed by atoms with E-state index in [9.17, 15) is 14.7 Å². The zero-order valence-corrected chi connectivity index (χ0v) is 20.2. The lowest BCUT2D eigenvalue weighted by Crippen LogP contribution is -2.29. The number of hydrogen-bond donors (Lipinski definition) is 1. The van der Waals surface area contributed by atoms with Gasteiger partial charge in [0, 0.05) is 5.69 Å². The maximum absolute atomic E-state index is 13.4. The summed E-state index contributed by atoms with van der Waals surface area (Å²) in [4.78, 5) is 27.9. The Hall–Kier alpha value is -4.31. The summed E-state index contributed by atoms with van der Waals surface area (Å²) < 4.78 is 11.3. The van der Waals surface area contributed by atoms with Crippen LogP contribution in [0.2, 0.25) is 0 Å². The van der Waals surface area contributed by atoms with Crippen LogP contribution in [0.3, 0.4) is 0 Å². The Kier molecular flexibility index (Phi) is 5.99. The van der Waals surface area contributed by atoms with Gasteiger partial charge in [0.25, 0.3) is 11.7 Å². The van der Waals surface area contributed by atoms with Gasteiger partial charge in [-0.1, -0.05) is 26.8 Å². The van der Waals surface area contributed by atoms with Gasteiger partial charge in [-0.05, 0) is 66.4 Å². The number of aliphatic hydroxyl groups excluding tert-OH is 1. The molecule has 1 amide bonds. The molecule has 1 aliphatic rings. The van der Waals surface area contributed by atoms with E-state index >= 15 is 0 Å². The number of furan rings is 1. The van der Waals surface area contributed by atoms with Crippen LogP contribution in [0.15, 0.2) is 64.6 Å². The maximum Gasteiger partial charge on any atom is 0.300 e. The number of methoxy groups -OCH3 is 1. The predicted molar refractivity (Wildman–Crippen MR) is 131 cm³/mol. The number of benzene rings is 2. The van der Waals surface area contributed by atoms with E-state index in [1.165, 1.54) is 12.0 Å². The molecule has 4 rings (SSSR count). The monoisotopic (exact) mass is 470 g/mol. The molecule has 1 aliphatic heterocycles. The number of carbonyl (C=O) groups is 2. The van der Waals surface area contributed by atoms with Gasteiger partial charge >= 0.3 is 0 Å². The molecular weight excluding hydrogens is 444 g/mol. The van der Waals surface area contributed by atoms with Crippen LogP contribution in [0.1, 0.15) is 55.0 Å². The molecule has 0 radical (unpaired) electrons. The third kappa shape index (κ3) is 4.19. The molecule has 1 saturated heterocycles. The highest BCUT2D eigenvalue weighted by atomic mass is 16.5. The molecule has 0 saturated carbocycles. The largest absolute Gasteiger partial charge is 0.507 e. The average molecular weight is 471 g/mol. The van der Waals surface area contributed by atoms with Crippen molar-refractivity contribution >= 4 is 23.1 Å². The molecule has 1 unspecified atom stereocenters. The Morgan fingerprint density at radius 1 is 1.09 bits per heavy atom. The molecule has 7 heteroatoms. The van der Waals surface area contributed by atoms with Gasteiger partial charge in [0.2, 0.25) is 0 Å². The summed E-state index contributed by atoms with van der Waals surface area (Å²) in [7, 11) is 1.48. The van der Waals surface area contributed by atoms with Crippen LogP contribution in [0.5, 0.6) is 5.75 Å². The highest BCUT2D eigenvalue weighted by molar-refractivity contribution is 6.51. The quantitative estimate of drug-likeness (QED) is 0.311. The topological polar surface area (TPSA) is 104 Å². The van der Waals surface area contributed by atoms with Gasteiger partial charge in [-0.2, -0.15) is 5.26 Å². The molecule has 35 heavy (non-hydrogen) atoms. The molecule has 0 bridgehead atoms. The van der Waals surface area contributed by atoms with Crippen LogP contribution < -0.4 is 9.64 Å². The second-order valence-electron chi connectivity index (χ2n) is 9.44. The number of aryl methyl sites for hydroxylation is 1. The standard InChI is InChI=1S/C28H26N2O5/c1-16-6-12-22(35-16)24-23(25(31)20-14-18(28(2,3)4)9-13-21(20)34-5)26(32)27(33)30(24)19-10-7-17(15-29)8-11-19/h6-14,24,31H,1-5H3/b25-23+. The predicted octanol–water partition coefficient (Wildman–Crippen LogP) is 5.39. The lowest BCUT2D eigenvalue weighted by atomic mass is 9.85. The van der Waals surface area contributed by atoms with E-state index in [2.05, 4.69) is 0 Å². The van der Waals surface area contributed by atoms with Crippen LogP contribution in [0, 0.1) is 18.3 Å². The Morgan fingerprint density at radius 2 is 1.77 bits per heavy atom. The van der Waals surface area contributed by atoms with Crippen molar-refractivity contribution in [1.29, 1.82) is 5.26 Å². The summed E-state index contributed by atoms with van der Waals surface area (Å²) in [5.74, 6) is -0.692. The fraction of sp³-hybridized carbons (Fsp3) is 0.250. The molecule has 1 atom stereocenters. The number of nitriles is 1. The Labute approximate surface area is 203 Å². The molecule has 1 aromatic heterocycles. The van der Waals surface area contributed by atoms with Crippen molar-refractivity contribution in [2.45, 2.75) is 39.2 Å². The second kappa shape index (κ2) is 8.80. The number of ether oxygens (including phenoxy) is 1. The van der Waals surface area contributed by atoms with E-state index in [0.29, 0.717) is 34.1 Å². The minimum atomic E-state index is -1.00. The molecule has 1 fully saturated rings. The zero-order valence-electron chi connectivity index (χ0n) is 20.2. The van der Waals surface area contributed by atoms with E-state index in [-0.39, 0.29) is 16.7 Å². The normalized spacial score (nSPS) is 17.5. The second-order valence-corrected chi connectivity index (χ2v) is 9.44. The van der Waals surface area contributed by atoms with Gasteiger partial charge in [0.1, 0.15) is 29.1 Å². The first-order valence-electron chi connectivity index (χ1n) is 11.1. The molecule has 0 spiro atoms. The minimum absolute atomic E-state index is 0.0990. The summed E-state index contributed by atoms with van der Waals surface area (Å²) in [5, 5.41) is 20.6. The van der Waals surface area contributed by atoms with Crippen LogP contribution in [0.4, 0.5) is 5.69 Å². The molecule has 2 heterocycles. The van der Waals surface area contributed by atoms with E-state index in [4.69, 9.17) is 14.4 Å². The first-order chi connectivity index (χ1) is 16.6. The third-order valence-electron chi connectivity index (χ3n) is 6.07. The first-order valence-corrected chi connectivity index (χ1v) is 11.1. The van der Waals surface area contributed by atoms with E-state index in [1.807, 2.05) is 32.9 Å². The van der Waals surface area contributed by atoms with Gasteiger partial charge < -0.3 is 14.3 Å². The zero-order chi connectivity index (χ0) is 25.5. The van der Waals surface area contributed by atoms with Crippen LogP contribution >= 0.6 is 0 Å². The Balaban J connectivity index is 1.97. The first kappa shape index (κ1) is 23.8. The van der Waals surface area contributed by atoms with Crippen molar-refractivity contribution in [3.8, 4) is 11.8 Å². The smallest absolute Gasteiger partial charge is 0.300 e. The summed E-state index contributed by atoms with van der Waals surface area (Å²) >= 11 is 0. The highest BCUT2D eigenvalue weighted by Crippen LogP contribution is 2.44. The molecular formula is C28H26N2O5. The fourth-order valence-electron chi connectivity index (χ4n) is 4.17. The number of nitrogens with zero attached hydrogens (tertiary/aromatic N) is 2. The average Bonchev–Trinajstić information content (AvgIpc) is 3.38. The fourth-order valence-corrected chi connectivity index (χ4v) is 4.17. The molecule has 3 aromatic rings. The van der Waals surface area contributed by atoms with Gasteiger partial charge in [-0.25, -0.2) is 0 Å². The van der Waals surface area contributed by atoms with Crippen molar-refractivity contribution in [3.05, 3.63) is 88.4 Å². The Morgan fingerprint density at radius 3 is 2.31 bits per heavy atom. The Bertz CT molecular complexity index is 1380. The molecule has 0 aliphatic carbocycles. The van der Waals surface area contributed by atoms with E-state index in [1.54, 1.807) is 55.5 Å². The van der Waals surface area contributed by atoms with Crippen molar-refractivity contribution in [2.75, 3.05) is 12.0 Å². The number of amides is 1. The van der Waals surface area contributed by atoms with Crippen LogP contribution in [0.25, 0.3) is 5.76 Å². The number of aliphatic hydroxyl groups is 1. The number of rotatable bonds is 4. The minimum Gasteiger partial charge on any atom is -0.507 e. The van der Waals surface area contributed by atoms with E-state index < -0.39 is 17.7 Å². The van der Waals surface area contributed by atoms with Crippen LogP contribution in [-0.4, -0.2) is 23.9 Å². The van der Waals surface area contributed by atoms with Gasteiger partial charge in [0.15, 0.2) is 0 Å². The number of anilines is 1. The lowest BCUT2D eigenvalue weighted by Gasteiger charge is -2.24. The number of carbonyl (C=O) groups excluding carboxylic acids is 2. The SMILES string of the molecule is COc1ccc(C(C)(C)C)cc1/C(O)=C1\C(=O)C(=O)N(c2ccc(C#N)cc2)C1c1ccc(C)o1. The number of ketones is 1. The lowest BCUT2D eigenvalue weighted by molar-refractivity contribution is -0.132. The van der Waals surface area contributed by atoms with Crippen molar-refractivity contribution in [2.24, 2.45) is 0 Å². The molecule has 178 valence electrons. The van der Waals surface area contributed by atoms with Crippen molar-refractivity contribution in [3.63, 3.8) is 0 Å². The van der Waals surface area contributed by atoms with Crippen molar-refractivity contribution < 1.29 is 23.8 Å². The number of Topliss-reactive ketones (excluding diaryl/α,β-unsaturated/α-hetero) is 1. The van der Waals surface area contributed by atoms with Gasteiger partial charge in [-0.15, -0.1) is 0 Å². The summed E-state index contributed by atoms with van der Waals surface area (Å²) in [6, 6.07) is 16.2. The highest BCUT2D eigenvalue weighted by Gasteiger charge is 2.48. The number of hydrogen-bond acceptors (Lipinski definition) is 6. The maximum atomic E-state index is 13.4. The summed E-state index contributed by atoms with van der Waals surface area (Å²) in [6.45, 7) is 7.86. The van der Waals surface area contributed by atoms with Gasteiger partial charge in [-0.3, -0.25) is 14.5 Å². The van der Waals surface area contributed by atoms with Gasteiger partial charge in [0.05, 0.1) is 29.9 Å². The van der Waals surface area contributed by atoms with E-state index in [0.717, 1.165) is 5.56 Å².